The van der Waals surface area contributed by atoms with E-state index in [1.165, 1.54) is 5.56 Å². The Morgan fingerprint density at radius 1 is 1.29 bits per heavy atom. The highest BCUT2D eigenvalue weighted by molar-refractivity contribution is 5.33. The van der Waals surface area contributed by atoms with Crippen LogP contribution in [0, 0.1) is 0 Å². The molecule has 0 amide bonds. The SMILES string of the molecule is COc1ccccc1CCNCC[OH2+]. The summed E-state index contributed by atoms with van der Waals surface area (Å²) in [6.45, 7) is 2.10. The third-order valence-corrected chi connectivity index (χ3v) is 2.07. The van der Waals surface area contributed by atoms with Gasteiger partial charge in [0.25, 0.3) is 0 Å². The minimum absolute atomic E-state index is 0.436. The Balaban J connectivity index is 2.41. The molecule has 0 saturated heterocycles. The highest BCUT2D eigenvalue weighted by Gasteiger charge is 2.00. The molecule has 0 atom stereocenters. The van der Waals surface area contributed by atoms with Gasteiger partial charge in [-0.25, -0.2) is 0 Å². The maximum absolute atomic E-state index is 6.98. The molecule has 78 valence electrons. The first-order valence-electron chi connectivity index (χ1n) is 4.85. The summed E-state index contributed by atoms with van der Waals surface area (Å²) < 4.78 is 5.24. The molecule has 0 bridgehead atoms. The largest absolute Gasteiger partial charge is 0.496 e. The summed E-state index contributed by atoms with van der Waals surface area (Å²) in [5.41, 5.74) is 1.22. The van der Waals surface area contributed by atoms with E-state index in [4.69, 9.17) is 9.84 Å². The van der Waals surface area contributed by atoms with Gasteiger partial charge in [0.15, 0.2) is 6.61 Å². The lowest BCUT2D eigenvalue weighted by Crippen LogP contribution is -2.20. The highest BCUT2D eigenvalue weighted by Crippen LogP contribution is 2.16. The molecule has 0 heterocycles. The van der Waals surface area contributed by atoms with E-state index in [1.54, 1.807) is 7.11 Å². The van der Waals surface area contributed by atoms with Crippen molar-refractivity contribution in [3.05, 3.63) is 29.8 Å². The van der Waals surface area contributed by atoms with Crippen molar-refractivity contribution in [2.45, 2.75) is 6.42 Å². The molecule has 0 fully saturated rings. The number of methoxy groups -OCH3 is 1. The van der Waals surface area contributed by atoms with Crippen LogP contribution in [0.3, 0.4) is 0 Å². The van der Waals surface area contributed by atoms with Crippen molar-refractivity contribution in [1.82, 2.24) is 5.32 Å². The number of ether oxygens (including phenoxy) is 1. The molecule has 0 spiro atoms. The smallest absolute Gasteiger partial charge is 0.156 e. The van der Waals surface area contributed by atoms with E-state index in [-0.39, 0.29) is 0 Å². The van der Waals surface area contributed by atoms with Gasteiger partial charge < -0.3 is 15.2 Å². The first-order chi connectivity index (χ1) is 6.88. The fourth-order valence-electron chi connectivity index (χ4n) is 1.35. The third kappa shape index (κ3) is 3.36. The van der Waals surface area contributed by atoms with E-state index in [1.807, 2.05) is 18.2 Å². The van der Waals surface area contributed by atoms with E-state index in [9.17, 15) is 0 Å². The molecule has 0 aromatic heterocycles. The molecule has 0 aliphatic rings. The number of hydrogen-bond donors (Lipinski definition) is 1. The average molecular weight is 196 g/mol. The summed E-state index contributed by atoms with van der Waals surface area (Å²) in [7, 11) is 1.69. The normalized spacial score (nSPS) is 10.1. The second kappa shape index (κ2) is 6.40. The molecule has 0 unspecified atom stereocenters. The molecule has 0 aliphatic carbocycles. The van der Waals surface area contributed by atoms with Gasteiger partial charge in [0, 0.05) is 0 Å². The number of para-hydroxylation sites is 1. The first-order valence-corrected chi connectivity index (χ1v) is 4.85. The zero-order valence-electron chi connectivity index (χ0n) is 8.55. The van der Waals surface area contributed by atoms with Gasteiger partial charge in [0.1, 0.15) is 5.75 Å². The lowest BCUT2D eigenvalue weighted by Gasteiger charge is -2.07. The van der Waals surface area contributed by atoms with E-state index >= 15 is 0 Å². The van der Waals surface area contributed by atoms with Crippen molar-refractivity contribution < 1.29 is 9.84 Å². The fourth-order valence-corrected chi connectivity index (χ4v) is 1.35. The van der Waals surface area contributed by atoms with Crippen LogP contribution in [0.5, 0.6) is 5.75 Å². The molecule has 0 aliphatic heterocycles. The first kappa shape index (κ1) is 11.0. The number of nitrogens with one attached hydrogen (secondary N) is 1. The van der Waals surface area contributed by atoms with Crippen LogP contribution in [0.15, 0.2) is 24.3 Å². The third-order valence-electron chi connectivity index (χ3n) is 2.07. The minimum Gasteiger partial charge on any atom is -0.496 e. The van der Waals surface area contributed by atoms with Crippen molar-refractivity contribution in [3.8, 4) is 5.75 Å². The second-order valence-corrected chi connectivity index (χ2v) is 3.06. The topological polar surface area (TPSA) is 44.2 Å². The molecule has 0 saturated carbocycles. The van der Waals surface area contributed by atoms with Crippen LogP contribution in [-0.4, -0.2) is 31.9 Å². The average Bonchev–Trinajstić information content (AvgIpc) is 2.25. The van der Waals surface area contributed by atoms with Gasteiger partial charge >= 0.3 is 0 Å². The summed E-state index contributed by atoms with van der Waals surface area (Å²) >= 11 is 0. The van der Waals surface area contributed by atoms with Gasteiger partial charge in [-0.05, 0) is 24.6 Å². The molecular weight excluding hydrogens is 178 g/mol. The number of benzene rings is 1. The lowest BCUT2D eigenvalue weighted by atomic mass is 10.1. The number of hydrogen-bond acceptors (Lipinski definition) is 2. The molecule has 1 rings (SSSR count). The molecular formula is C11H18NO2+. The molecule has 14 heavy (non-hydrogen) atoms. The summed E-state index contributed by atoms with van der Waals surface area (Å²) in [6.07, 6.45) is 0.948. The highest BCUT2D eigenvalue weighted by atomic mass is 16.5. The quantitative estimate of drug-likeness (QED) is 0.533. The molecule has 3 N–H and O–H groups in total. The fraction of sp³-hybridized carbons (Fsp3) is 0.455. The molecule has 0 radical (unpaired) electrons. The maximum Gasteiger partial charge on any atom is 0.156 e. The Morgan fingerprint density at radius 2 is 2.07 bits per heavy atom. The van der Waals surface area contributed by atoms with Crippen LogP contribution in [0.2, 0.25) is 0 Å². The summed E-state index contributed by atoms with van der Waals surface area (Å²) in [5.74, 6) is 0.945. The molecule has 1 aromatic rings. The Kier molecular flexibility index (Phi) is 5.04. The van der Waals surface area contributed by atoms with Crippen molar-refractivity contribution in [1.29, 1.82) is 0 Å². The van der Waals surface area contributed by atoms with Crippen LogP contribution in [0.25, 0.3) is 0 Å². The Bertz CT molecular complexity index is 263. The zero-order chi connectivity index (χ0) is 10.2. The zero-order valence-corrected chi connectivity index (χ0v) is 8.55. The summed E-state index contributed by atoms with van der Waals surface area (Å²) in [4.78, 5) is 0. The molecule has 3 heteroatoms. The van der Waals surface area contributed by atoms with Crippen molar-refractivity contribution in [2.24, 2.45) is 0 Å². The van der Waals surface area contributed by atoms with Crippen LogP contribution in [0.4, 0.5) is 0 Å². The Hall–Kier alpha value is -1.06. The summed E-state index contributed by atoms with van der Waals surface area (Å²) in [5, 5.41) is 10.2. The summed E-state index contributed by atoms with van der Waals surface area (Å²) in [6, 6.07) is 8.03. The molecule has 1 aromatic carbocycles. The van der Waals surface area contributed by atoms with Crippen LogP contribution >= 0.6 is 0 Å². The van der Waals surface area contributed by atoms with Gasteiger partial charge in [-0.15, -0.1) is 0 Å². The molecule has 3 nitrogen and oxygen atoms in total. The predicted octanol–water partition coefficient (Wildman–Crippen LogP) is 0.552. The van der Waals surface area contributed by atoms with Gasteiger partial charge in [-0.3, -0.25) is 0 Å². The monoisotopic (exact) mass is 196 g/mol. The van der Waals surface area contributed by atoms with Crippen molar-refractivity contribution in [2.75, 3.05) is 26.8 Å². The van der Waals surface area contributed by atoms with E-state index < -0.39 is 0 Å². The van der Waals surface area contributed by atoms with E-state index in [2.05, 4.69) is 11.4 Å². The van der Waals surface area contributed by atoms with Crippen LogP contribution < -0.4 is 10.1 Å². The maximum atomic E-state index is 6.98. The van der Waals surface area contributed by atoms with Crippen molar-refractivity contribution in [3.63, 3.8) is 0 Å². The predicted molar refractivity (Wildman–Crippen MR) is 58.0 cm³/mol. The van der Waals surface area contributed by atoms with E-state index in [0.29, 0.717) is 6.61 Å². The van der Waals surface area contributed by atoms with Crippen LogP contribution in [0.1, 0.15) is 5.56 Å². The second-order valence-electron chi connectivity index (χ2n) is 3.06. The van der Waals surface area contributed by atoms with Gasteiger partial charge in [-0.2, -0.15) is 0 Å². The Labute approximate surface area is 84.7 Å². The minimum atomic E-state index is 0.436. The van der Waals surface area contributed by atoms with E-state index in [0.717, 1.165) is 25.3 Å². The van der Waals surface area contributed by atoms with Gasteiger partial charge in [0.2, 0.25) is 0 Å². The van der Waals surface area contributed by atoms with Crippen molar-refractivity contribution >= 4 is 0 Å². The Morgan fingerprint density at radius 3 is 2.79 bits per heavy atom. The standard InChI is InChI=1S/C11H17NO2/c1-14-11-5-3-2-4-10(11)6-7-12-8-9-13/h2-5,12-13H,6-9H2,1H3/p+1. The van der Waals surface area contributed by atoms with Crippen LogP contribution in [-0.2, 0) is 6.42 Å². The van der Waals surface area contributed by atoms with Gasteiger partial charge in [-0.1, -0.05) is 18.2 Å². The van der Waals surface area contributed by atoms with Gasteiger partial charge in [0.05, 0.1) is 13.7 Å². The lowest BCUT2D eigenvalue weighted by molar-refractivity contribution is 0.292. The number of rotatable bonds is 6.